The van der Waals surface area contributed by atoms with E-state index in [-0.39, 0.29) is 6.54 Å². The van der Waals surface area contributed by atoms with Crippen LogP contribution >= 0.6 is 0 Å². The molecule has 0 bridgehead atoms. The van der Waals surface area contributed by atoms with Gasteiger partial charge >= 0.3 is 0 Å². The van der Waals surface area contributed by atoms with Crippen molar-refractivity contribution in [3.63, 3.8) is 0 Å². The van der Waals surface area contributed by atoms with Gasteiger partial charge in [0.1, 0.15) is 12.4 Å². The molecule has 0 aliphatic carbocycles. The normalized spacial score (nSPS) is 31.7. The number of aliphatic hydroxyl groups is 1. The average molecular weight is 307 g/mol. The van der Waals surface area contributed by atoms with Gasteiger partial charge in [-0.2, -0.15) is 0 Å². The minimum atomic E-state index is -2.66. The number of nitrogens with one attached hydrogen (secondary N) is 1. The zero-order chi connectivity index (χ0) is 16.1. The second-order valence-electron chi connectivity index (χ2n) is 5.42. The molecule has 22 heavy (non-hydrogen) atoms. The van der Waals surface area contributed by atoms with Crippen molar-refractivity contribution < 1.29 is 23.9 Å². The predicted molar refractivity (Wildman–Crippen MR) is 72.8 cm³/mol. The van der Waals surface area contributed by atoms with Crippen molar-refractivity contribution in [2.45, 2.75) is 30.9 Å². The molecular formula is C14H14FN3O4. The monoisotopic (exact) mass is 307 g/mol. The Hall–Kier alpha value is -2.32. The SMILES string of the molecule is Nc1cccc2c1CN(C1(F)CC(O)C(=O)NC1=O)C2C=O. The zero-order valence-corrected chi connectivity index (χ0v) is 11.5. The third kappa shape index (κ3) is 1.92. The molecule has 1 saturated heterocycles. The number of fused-ring (bicyclic) bond motifs is 1. The summed E-state index contributed by atoms with van der Waals surface area (Å²) >= 11 is 0. The van der Waals surface area contributed by atoms with E-state index in [1.54, 1.807) is 23.5 Å². The van der Waals surface area contributed by atoms with Gasteiger partial charge in [-0.25, -0.2) is 9.29 Å². The van der Waals surface area contributed by atoms with Gasteiger partial charge in [-0.15, -0.1) is 0 Å². The number of hydrogen-bond donors (Lipinski definition) is 3. The van der Waals surface area contributed by atoms with E-state index in [4.69, 9.17) is 5.73 Å². The van der Waals surface area contributed by atoms with Gasteiger partial charge in [0.2, 0.25) is 5.79 Å². The quantitative estimate of drug-likeness (QED) is 0.291. The minimum absolute atomic E-state index is 0.0593. The van der Waals surface area contributed by atoms with E-state index in [1.165, 1.54) is 0 Å². The first-order valence-corrected chi connectivity index (χ1v) is 6.70. The summed E-state index contributed by atoms with van der Waals surface area (Å²) in [6, 6.07) is 3.89. The van der Waals surface area contributed by atoms with Crippen molar-refractivity contribution in [2.75, 3.05) is 5.73 Å². The van der Waals surface area contributed by atoms with Crippen LogP contribution in [0, 0.1) is 0 Å². The molecule has 3 rings (SSSR count). The summed E-state index contributed by atoms with van der Waals surface area (Å²) in [5.41, 5.74) is 7.32. The molecule has 3 atom stereocenters. The van der Waals surface area contributed by atoms with Crippen LogP contribution in [0.15, 0.2) is 18.2 Å². The van der Waals surface area contributed by atoms with Crippen LogP contribution in [0.2, 0.25) is 0 Å². The standard InChI is InChI=1S/C14H14FN3O4/c15-14(4-11(20)12(21)17-13(14)22)18-5-8-7(10(18)6-19)2-1-3-9(8)16/h1-3,6,10-11,20H,4-5,16H2,(H,17,21,22). The number of imide groups is 1. The van der Waals surface area contributed by atoms with Crippen molar-refractivity contribution >= 4 is 23.8 Å². The summed E-state index contributed by atoms with van der Waals surface area (Å²) in [6.45, 7) is -0.0593. The Balaban J connectivity index is 2.02. The number of amides is 2. The molecule has 4 N–H and O–H groups in total. The maximum Gasteiger partial charge on any atom is 0.279 e. The van der Waals surface area contributed by atoms with E-state index in [0.29, 0.717) is 23.1 Å². The van der Waals surface area contributed by atoms with Crippen molar-refractivity contribution in [3.8, 4) is 0 Å². The summed E-state index contributed by atoms with van der Waals surface area (Å²) < 4.78 is 15.2. The molecule has 8 heteroatoms. The number of piperidine rings is 1. The summed E-state index contributed by atoms with van der Waals surface area (Å²) in [4.78, 5) is 35.7. The van der Waals surface area contributed by atoms with Gasteiger partial charge in [0.15, 0.2) is 0 Å². The number of hydrogen-bond acceptors (Lipinski definition) is 6. The summed E-state index contributed by atoms with van der Waals surface area (Å²) in [7, 11) is 0. The lowest BCUT2D eigenvalue weighted by atomic mass is 9.97. The van der Waals surface area contributed by atoms with Crippen molar-refractivity contribution in [3.05, 3.63) is 29.3 Å². The van der Waals surface area contributed by atoms with E-state index in [1.807, 2.05) is 0 Å². The van der Waals surface area contributed by atoms with Crippen LogP contribution in [-0.2, 0) is 20.9 Å². The molecule has 0 aromatic heterocycles. The molecule has 1 aromatic carbocycles. The molecule has 0 spiro atoms. The van der Waals surface area contributed by atoms with E-state index >= 15 is 4.39 Å². The Kier molecular flexibility index (Phi) is 3.22. The molecule has 3 unspecified atom stereocenters. The smallest absolute Gasteiger partial charge is 0.279 e. The minimum Gasteiger partial charge on any atom is -0.398 e. The van der Waals surface area contributed by atoms with E-state index in [9.17, 15) is 19.5 Å². The van der Waals surface area contributed by atoms with Gasteiger partial charge in [-0.05, 0) is 17.2 Å². The topological polar surface area (TPSA) is 113 Å². The van der Waals surface area contributed by atoms with Crippen LogP contribution in [0.4, 0.5) is 10.1 Å². The largest absolute Gasteiger partial charge is 0.398 e. The number of benzene rings is 1. The van der Waals surface area contributed by atoms with Gasteiger partial charge < -0.3 is 15.6 Å². The first-order chi connectivity index (χ1) is 10.4. The maximum absolute atomic E-state index is 15.2. The van der Waals surface area contributed by atoms with Crippen LogP contribution in [-0.4, -0.2) is 40.0 Å². The number of rotatable bonds is 2. The Morgan fingerprint density at radius 3 is 2.86 bits per heavy atom. The predicted octanol–water partition coefficient (Wildman–Crippen LogP) is -0.602. The number of carbonyl (C=O) groups is 3. The van der Waals surface area contributed by atoms with Crippen molar-refractivity contribution in [2.24, 2.45) is 0 Å². The number of halogens is 1. The zero-order valence-electron chi connectivity index (χ0n) is 11.5. The van der Waals surface area contributed by atoms with Crippen LogP contribution in [0.5, 0.6) is 0 Å². The fourth-order valence-electron chi connectivity index (χ4n) is 2.99. The van der Waals surface area contributed by atoms with E-state index in [0.717, 1.165) is 4.90 Å². The second-order valence-corrected chi connectivity index (χ2v) is 5.42. The third-order valence-electron chi connectivity index (χ3n) is 4.17. The highest BCUT2D eigenvalue weighted by Crippen LogP contribution is 2.43. The molecule has 0 saturated carbocycles. The summed E-state index contributed by atoms with van der Waals surface area (Å²) in [6.07, 6.45) is -1.87. The van der Waals surface area contributed by atoms with Gasteiger partial charge in [-0.1, -0.05) is 12.1 Å². The Morgan fingerprint density at radius 2 is 2.18 bits per heavy atom. The number of anilines is 1. The molecule has 1 aromatic rings. The van der Waals surface area contributed by atoms with Crippen molar-refractivity contribution in [1.29, 1.82) is 0 Å². The highest BCUT2D eigenvalue weighted by atomic mass is 19.1. The molecule has 7 nitrogen and oxygen atoms in total. The molecule has 116 valence electrons. The van der Waals surface area contributed by atoms with Crippen LogP contribution in [0.25, 0.3) is 0 Å². The lowest BCUT2D eigenvalue weighted by Crippen LogP contribution is -2.64. The fourth-order valence-corrected chi connectivity index (χ4v) is 2.99. The lowest BCUT2D eigenvalue weighted by Gasteiger charge is -2.39. The lowest BCUT2D eigenvalue weighted by molar-refractivity contribution is -0.170. The summed E-state index contributed by atoms with van der Waals surface area (Å²) in [5, 5.41) is 11.4. The molecule has 0 radical (unpaired) electrons. The van der Waals surface area contributed by atoms with Crippen LogP contribution in [0.3, 0.4) is 0 Å². The number of aliphatic hydroxyl groups excluding tert-OH is 1. The first kappa shape index (κ1) is 14.6. The second kappa shape index (κ2) is 4.85. The summed E-state index contributed by atoms with van der Waals surface area (Å²) in [5.74, 6) is -4.79. The van der Waals surface area contributed by atoms with E-state index in [2.05, 4.69) is 0 Å². The highest BCUT2D eigenvalue weighted by Gasteiger charge is 2.55. The van der Waals surface area contributed by atoms with Crippen molar-refractivity contribution in [1.82, 2.24) is 10.2 Å². The number of nitrogen functional groups attached to an aromatic ring is 1. The maximum atomic E-state index is 15.2. The Morgan fingerprint density at radius 1 is 1.45 bits per heavy atom. The number of aldehydes is 1. The first-order valence-electron chi connectivity index (χ1n) is 6.70. The number of carbonyl (C=O) groups excluding carboxylic acids is 3. The number of alkyl halides is 1. The average Bonchev–Trinajstić information content (AvgIpc) is 2.86. The van der Waals surface area contributed by atoms with Gasteiger partial charge in [0.05, 0.1) is 6.04 Å². The fraction of sp³-hybridized carbons (Fsp3) is 0.357. The Bertz CT molecular complexity index is 680. The molecule has 2 aliphatic heterocycles. The molecule has 2 heterocycles. The van der Waals surface area contributed by atoms with Gasteiger partial charge in [0, 0.05) is 18.7 Å². The Labute approximate surface area is 124 Å². The van der Waals surface area contributed by atoms with Crippen LogP contribution in [0.1, 0.15) is 23.6 Å². The van der Waals surface area contributed by atoms with E-state index < -0.39 is 36.2 Å². The molecule has 2 aliphatic rings. The van der Waals surface area contributed by atoms with Gasteiger partial charge in [-0.3, -0.25) is 14.9 Å². The molecular weight excluding hydrogens is 293 g/mol. The number of nitrogens with two attached hydrogens (primary N) is 1. The van der Waals surface area contributed by atoms with Crippen LogP contribution < -0.4 is 11.1 Å². The highest BCUT2D eigenvalue weighted by molar-refractivity contribution is 6.04. The molecule has 1 fully saturated rings. The third-order valence-corrected chi connectivity index (χ3v) is 4.17. The molecule has 2 amide bonds. The number of nitrogens with zero attached hydrogens (tertiary/aromatic N) is 1. The van der Waals surface area contributed by atoms with Gasteiger partial charge in [0.25, 0.3) is 11.8 Å².